The van der Waals surface area contributed by atoms with Crippen LogP contribution in [0.2, 0.25) is 0 Å². The van der Waals surface area contributed by atoms with Gasteiger partial charge in [-0.3, -0.25) is 0 Å². The molecule has 0 spiro atoms. The summed E-state index contributed by atoms with van der Waals surface area (Å²) in [6, 6.07) is -19.7. The Morgan fingerprint density at radius 3 is 1.63 bits per heavy atom. The molecular weight excluding hydrogens is 749 g/mol. The van der Waals surface area contributed by atoms with Crippen molar-refractivity contribution in [2.24, 2.45) is 0 Å². The molecule has 8 aromatic rings. The number of rotatable bonds is 5. The molecule has 10 rings (SSSR count). The van der Waals surface area contributed by atoms with Crippen molar-refractivity contribution in [3.8, 4) is 0 Å². The van der Waals surface area contributed by atoms with Crippen LogP contribution in [0, 0.1) is 0 Å². The van der Waals surface area contributed by atoms with Crippen molar-refractivity contribution in [2.75, 3.05) is 14.7 Å². The van der Waals surface area contributed by atoms with Gasteiger partial charge in [0.15, 0.2) is 0 Å². The average molecular weight is 827 g/mol. The Morgan fingerprint density at radius 2 is 1.10 bits per heavy atom. The lowest BCUT2D eigenvalue weighted by Crippen LogP contribution is -2.61. The molecule has 298 valence electrons. The van der Waals surface area contributed by atoms with Crippen molar-refractivity contribution in [1.29, 1.82) is 0 Å². The van der Waals surface area contributed by atoms with Gasteiger partial charge in [-0.2, -0.15) is 0 Å². The van der Waals surface area contributed by atoms with Gasteiger partial charge in [0, 0.05) is 50.1 Å². The Kier molecular flexibility index (Phi) is 4.50. The molecule has 0 fully saturated rings. The van der Waals surface area contributed by atoms with Gasteiger partial charge in [0.2, 0.25) is 0 Å². The maximum absolute atomic E-state index is 10.9. The molecule has 6 aromatic carbocycles. The summed E-state index contributed by atoms with van der Waals surface area (Å²) in [4.78, 5) is 2.51. The highest BCUT2D eigenvalue weighted by atomic mass is 32.1. The quantitative estimate of drug-likeness (QED) is 0.161. The van der Waals surface area contributed by atoms with Crippen molar-refractivity contribution in [3.05, 3.63) is 167 Å². The minimum absolute atomic E-state index is 0.0272. The highest BCUT2D eigenvalue weighted by Gasteiger charge is 2.48. The fourth-order valence-electron chi connectivity index (χ4n) is 7.37. The summed E-state index contributed by atoms with van der Waals surface area (Å²) in [6.45, 7) is 13.1. The summed E-state index contributed by atoms with van der Waals surface area (Å²) in [5, 5.41) is -0.657. The van der Waals surface area contributed by atoms with E-state index < -0.39 is 224 Å². The molecule has 4 nitrogen and oxygen atoms in total. The summed E-state index contributed by atoms with van der Waals surface area (Å²) in [6.07, 6.45) is -0.582. The number of hydrogen-bond donors (Lipinski definition) is 0. The van der Waals surface area contributed by atoms with E-state index in [-0.39, 0.29) is 43.6 Å². The Bertz CT molecular complexity index is 4180. The van der Waals surface area contributed by atoms with Crippen LogP contribution in [0.25, 0.3) is 10.1 Å². The van der Waals surface area contributed by atoms with E-state index in [2.05, 4.69) is 0 Å². The molecule has 0 saturated heterocycles. The van der Waals surface area contributed by atoms with E-state index in [9.17, 15) is 23.3 Å². The first-order valence-electron chi connectivity index (χ1n) is 31.7. The molecule has 0 aliphatic carbocycles. The fraction of sp³-hybridized carbons (Fsp3) is 0.222. The summed E-state index contributed by atoms with van der Waals surface area (Å²) >= 11 is 0.611. The van der Waals surface area contributed by atoms with Gasteiger partial charge in [-0.05, 0) is 122 Å². The van der Waals surface area contributed by atoms with Crippen LogP contribution in [0.4, 0.5) is 51.2 Å². The van der Waals surface area contributed by atoms with E-state index in [0.29, 0.717) is 16.2 Å². The Hall–Kier alpha value is -5.98. The number of furan rings is 1. The monoisotopic (exact) mass is 827 g/mol. The molecule has 2 aliphatic heterocycles. The van der Waals surface area contributed by atoms with Crippen molar-refractivity contribution in [2.45, 2.75) is 78.6 Å². The fourth-order valence-corrected chi connectivity index (χ4v) is 7.97. The third-order valence-electron chi connectivity index (χ3n) is 10.3. The first-order valence-corrected chi connectivity index (χ1v) is 20.0. The minimum Gasteiger partial charge on any atom is -0.476 e. The van der Waals surface area contributed by atoms with Gasteiger partial charge >= 0.3 is 0 Å². The molecule has 0 amide bonds. The maximum Gasteiger partial charge on any atom is 0.297 e. The number of para-hydroxylation sites is 2. The molecular formula is C54H52BN3OS. The van der Waals surface area contributed by atoms with Crippen molar-refractivity contribution < 1.29 is 38.7 Å². The zero-order valence-electron chi connectivity index (χ0n) is 59.2. The van der Waals surface area contributed by atoms with Crippen molar-refractivity contribution in [3.63, 3.8) is 0 Å². The van der Waals surface area contributed by atoms with Gasteiger partial charge in [-0.1, -0.05) is 129 Å². The van der Waals surface area contributed by atoms with E-state index in [1.54, 1.807) is 62.3 Å². The second-order valence-electron chi connectivity index (χ2n) is 17.6. The molecule has 60 heavy (non-hydrogen) atoms. The summed E-state index contributed by atoms with van der Waals surface area (Å²) < 4.78 is 245. The van der Waals surface area contributed by atoms with Crippen LogP contribution >= 0.6 is 11.3 Å². The number of thiophene rings is 1. The highest BCUT2D eigenvalue weighted by molar-refractivity contribution is 7.17. The standard InChI is InChI=1S/C54H52BN3OS/c1-52(2,3)36-20-24-40(25-21-36)57-45-33-48-35(28-29-60-48)30-44(45)55-49-46(57)31-42(56(38-16-12-10-13-17-38)39-18-14-11-15-19-39)32-47(49)58(41-26-22-37(23-27-41)53(4,5)6)50-43(54(7,8)9)34-59-51(50)55/h10-34H,1-9H3/i10D,11D,12D,13D,14D,15D,16D,17D,18D,19D,20D,21D,22D,23D,24D,25D,26D,27D,28D,29D,30D,31D,32D,33D,34D. The predicted molar refractivity (Wildman–Crippen MR) is 259 cm³/mol. The van der Waals surface area contributed by atoms with Crippen LogP contribution in [0.1, 0.15) is 113 Å². The summed E-state index contributed by atoms with van der Waals surface area (Å²) in [7, 11) is 0. The molecule has 0 N–H and O–H groups in total. The van der Waals surface area contributed by atoms with Gasteiger partial charge in [0.25, 0.3) is 6.71 Å². The third kappa shape index (κ3) is 6.27. The highest BCUT2D eigenvalue weighted by Crippen LogP contribution is 2.51. The molecule has 2 aliphatic rings. The molecule has 0 radical (unpaired) electrons. The van der Waals surface area contributed by atoms with Gasteiger partial charge in [-0.15, -0.1) is 11.3 Å². The average Bonchev–Trinajstić information content (AvgIpc) is 1.64. The Morgan fingerprint density at radius 1 is 0.567 bits per heavy atom. The number of benzene rings is 6. The molecule has 2 aromatic heterocycles. The lowest BCUT2D eigenvalue weighted by molar-refractivity contribution is 0.552. The van der Waals surface area contributed by atoms with Crippen LogP contribution in [-0.2, 0) is 16.2 Å². The summed E-state index contributed by atoms with van der Waals surface area (Å²) in [5.41, 5.74) is -11.0. The van der Waals surface area contributed by atoms with Crippen LogP contribution in [-0.4, -0.2) is 6.71 Å². The first kappa shape index (κ1) is 19.6. The lowest BCUT2D eigenvalue weighted by Gasteiger charge is -2.44. The number of fused-ring (bicyclic) bond motifs is 5. The van der Waals surface area contributed by atoms with Crippen LogP contribution < -0.4 is 31.3 Å². The van der Waals surface area contributed by atoms with Crippen molar-refractivity contribution in [1.82, 2.24) is 0 Å². The van der Waals surface area contributed by atoms with Crippen LogP contribution in [0.3, 0.4) is 0 Å². The largest absolute Gasteiger partial charge is 0.476 e. The van der Waals surface area contributed by atoms with Gasteiger partial charge in [-0.25, -0.2) is 0 Å². The normalized spacial score (nSPS) is 19.5. The van der Waals surface area contributed by atoms with E-state index in [0.717, 1.165) is 9.80 Å². The lowest BCUT2D eigenvalue weighted by atomic mass is 9.35. The molecule has 0 unspecified atom stereocenters. The summed E-state index contributed by atoms with van der Waals surface area (Å²) in [5.74, 6) is 0. The molecule has 0 saturated carbocycles. The van der Waals surface area contributed by atoms with Gasteiger partial charge in [0.05, 0.1) is 56.2 Å². The van der Waals surface area contributed by atoms with Crippen molar-refractivity contribution >= 4 is 95.9 Å². The molecule has 6 heteroatoms. The topological polar surface area (TPSA) is 22.9 Å². The second-order valence-corrected chi connectivity index (χ2v) is 18.4. The SMILES string of the molecule is [2H]c1oc2c(c1C(C)(C)C)N(c1c([2H])c([2H])c(C(C)(C)C)c([2H])c1[2H])c1c([2H])c(N(c3c([2H])c([2H])c([2H])c([2H])c3[2H])c3c([2H])c([2H])c([2H])c([2H])c3[2H])c([2H])c3c1B2c1c(c([2H])c2sc([2H])c([2H])c2c1[2H])N3c1c([2H])c([2H])c(C(C)(C)C)c([2H])c1[2H]. The smallest absolute Gasteiger partial charge is 0.297 e. The predicted octanol–water partition coefficient (Wildman–Crippen LogP) is 13.9. The number of nitrogens with zero attached hydrogens (tertiary/aromatic N) is 3. The minimum atomic E-state index is -1.79. The van der Waals surface area contributed by atoms with Gasteiger partial charge < -0.3 is 19.1 Å². The molecule has 4 heterocycles. The number of hydrogen-bond acceptors (Lipinski definition) is 5. The zero-order chi connectivity index (χ0) is 63.5. The van der Waals surface area contributed by atoms with E-state index in [1.807, 2.05) is 0 Å². The van der Waals surface area contributed by atoms with Crippen LogP contribution in [0.5, 0.6) is 0 Å². The first-order chi connectivity index (χ1) is 39.1. The van der Waals surface area contributed by atoms with E-state index in [1.165, 1.54) is 0 Å². The Labute approximate surface area is 394 Å². The molecule has 0 atom stereocenters. The molecule has 0 bridgehead atoms. The van der Waals surface area contributed by atoms with Crippen LogP contribution in [0.15, 0.2) is 155 Å². The number of anilines is 9. The zero-order valence-corrected chi connectivity index (χ0v) is 35.1. The Balaban J connectivity index is 1.60. The second kappa shape index (κ2) is 13.8. The van der Waals surface area contributed by atoms with E-state index in [4.69, 9.17) is 15.4 Å². The maximum atomic E-state index is 10.9. The van der Waals surface area contributed by atoms with E-state index >= 15 is 0 Å². The van der Waals surface area contributed by atoms with Gasteiger partial charge in [0.1, 0.15) is 1.37 Å². The third-order valence-corrected chi connectivity index (χ3v) is 11.0.